The summed E-state index contributed by atoms with van der Waals surface area (Å²) in [4.78, 5) is 27.4. The van der Waals surface area contributed by atoms with Gasteiger partial charge in [0, 0.05) is 26.2 Å². The molecule has 2 heterocycles. The smallest absolute Gasteiger partial charge is 0.320 e. The van der Waals surface area contributed by atoms with Gasteiger partial charge in [-0.1, -0.05) is 0 Å². The highest BCUT2D eigenvalue weighted by molar-refractivity contribution is 5.84. The summed E-state index contributed by atoms with van der Waals surface area (Å²) < 4.78 is 0. The number of piperazine rings is 1. The lowest BCUT2D eigenvalue weighted by molar-refractivity contribution is -0.214. The Morgan fingerprint density at radius 1 is 1.39 bits per heavy atom. The molecule has 2 bridgehead atoms. The summed E-state index contributed by atoms with van der Waals surface area (Å²) in [5.74, 6) is -0.287. The largest absolute Gasteiger partial charge is 0.481 e. The Hall–Kier alpha value is -1.30. The van der Waals surface area contributed by atoms with Gasteiger partial charge in [-0.2, -0.15) is 0 Å². The lowest BCUT2D eigenvalue weighted by Crippen LogP contribution is -2.75. The van der Waals surface area contributed by atoms with E-state index >= 15 is 0 Å². The fraction of sp³-hybridized carbons (Fsp3) is 0.833. The molecule has 5 fully saturated rings. The molecule has 2 amide bonds. The number of hydrogen-bond acceptors (Lipinski definition) is 3. The van der Waals surface area contributed by atoms with Crippen molar-refractivity contribution in [2.24, 2.45) is 11.3 Å². The van der Waals surface area contributed by atoms with Crippen LogP contribution in [0.1, 0.15) is 12.8 Å². The second kappa shape index (κ2) is 3.17. The van der Waals surface area contributed by atoms with Crippen LogP contribution < -0.4 is 5.32 Å². The second-order valence-electron chi connectivity index (χ2n) is 6.06. The van der Waals surface area contributed by atoms with Crippen LogP contribution in [-0.4, -0.2) is 65.2 Å². The number of carboxylic acids is 1. The molecule has 0 radical (unpaired) electrons. The van der Waals surface area contributed by atoms with Crippen LogP contribution >= 0.6 is 0 Å². The molecule has 6 heteroatoms. The normalized spacial score (nSPS) is 45.3. The number of carbonyl (C=O) groups excluding carboxylic acids is 1. The number of hydrogen-bond donors (Lipinski definition) is 2. The Bertz CT molecular complexity index is 432. The molecule has 0 aromatic carbocycles. The van der Waals surface area contributed by atoms with Crippen molar-refractivity contribution in [1.82, 2.24) is 15.1 Å². The first-order valence-corrected chi connectivity index (χ1v) is 6.65. The van der Waals surface area contributed by atoms with Gasteiger partial charge < -0.3 is 20.2 Å². The number of fused-ring (bicyclic) bond motifs is 1. The molecule has 3 aliphatic carbocycles. The number of nitrogens with one attached hydrogen (secondary N) is 1. The van der Waals surface area contributed by atoms with Crippen molar-refractivity contribution in [3.8, 4) is 0 Å². The summed E-state index contributed by atoms with van der Waals surface area (Å²) in [5, 5.41) is 12.6. The molecule has 5 aliphatic rings. The topological polar surface area (TPSA) is 72.9 Å². The number of urea groups is 1. The highest BCUT2D eigenvalue weighted by atomic mass is 16.4. The van der Waals surface area contributed by atoms with E-state index in [0.29, 0.717) is 12.5 Å². The summed E-state index contributed by atoms with van der Waals surface area (Å²) in [6, 6.07) is 0.256. The van der Waals surface area contributed by atoms with E-state index in [9.17, 15) is 14.7 Å². The van der Waals surface area contributed by atoms with E-state index in [0.717, 1.165) is 32.5 Å². The molecule has 0 aromatic heterocycles. The maximum atomic E-state index is 12.3. The lowest BCUT2D eigenvalue weighted by Gasteiger charge is -2.67. The number of amides is 2. The maximum absolute atomic E-state index is 12.3. The number of carboxylic acid groups (broad SMARTS) is 1. The molecule has 1 unspecified atom stereocenters. The first-order chi connectivity index (χ1) is 8.63. The predicted octanol–water partition coefficient (Wildman–Crippen LogP) is -0.441. The van der Waals surface area contributed by atoms with Crippen LogP contribution in [0.4, 0.5) is 4.79 Å². The lowest BCUT2D eigenvalue weighted by atomic mass is 9.40. The number of nitrogens with zero attached hydrogens (tertiary/aromatic N) is 2. The molecule has 18 heavy (non-hydrogen) atoms. The zero-order chi connectivity index (χ0) is 12.5. The molecular weight excluding hydrogens is 234 g/mol. The van der Waals surface area contributed by atoms with E-state index in [1.54, 1.807) is 0 Å². The van der Waals surface area contributed by atoms with Crippen LogP contribution in [0.3, 0.4) is 0 Å². The van der Waals surface area contributed by atoms with Crippen molar-refractivity contribution in [3.05, 3.63) is 0 Å². The van der Waals surface area contributed by atoms with Crippen molar-refractivity contribution in [2.45, 2.75) is 24.9 Å². The summed E-state index contributed by atoms with van der Waals surface area (Å²) >= 11 is 0. The van der Waals surface area contributed by atoms with E-state index in [-0.39, 0.29) is 18.1 Å². The van der Waals surface area contributed by atoms with Gasteiger partial charge in [0.05, 0.1) is 17.5 Å². The molecule has 0 aromatic rings. The Morgan fingerprint density at radius 2 is 2.17 bits per heavy atom. The van der Waals surface area contributed by atoms with E-state index in [1.807, 2.05) is 9.80 Å². The molecule has 98 valence electrons. The third kappa shape index (κ3) is 1.03. The zero-order valence-corrected chi connectivity index (χ0v) is 10.1. The number of aliphatic carboxylic acids is 1. The van der Waals surface area contributed by atoms with E-state index in [1.165, 1.54) is 0 Å². The Morgan fingerprint density at radius 3 is 2.72 bits per heavy atom. The minimum atomic E-state index is -0.717. The SMILES string of the molecule is O=C1N2CCNCC2CN1[C@H]1C2CC1(C(=O)O)C2. The summed E-state index contributed by atoms with van der Waals surface area (Å²) in [7, 11) is 0. The van der Waals surface area contributed by atoms with Gasteiger partial charge in [0.1, 0.15) is 0 Å². The van der Waals surface area contributed by atoms with Gasteiger partial charge in [-0.15, -0.1) is 0 Å². The molecule has 6 nitrogen and oxygen atoms in total. The summed E-state index contributed by atoms with van der Waals surface area (Å²) in [6.45, 7) is 3.12. The van der Waals surface area contributed by atoms with Crippen LogP contribution in [-0.2, 0) is 4.79 Å². The zero-order valence-electron chi connectivity index (χ0n) is 10.1. The monoisotopic (exact) mass is 251 g/mol. The molecule has 0 spiro atoms. The minimum absolute atomic E-state index is 0.0342. The summed E-state index contributed by atoms with van der Waals surface area (Å²) in [5.41, 5.74) is -0.609. The third-order valence-electron chi connectivity index (χ3n) is 5.28. The predicted molar refractivity (Wildman–Crippen MR) is 62.0 cm³/mol. The molecule has 2 N–H and O–H groups in total. The molecule has 2 aliphatic heterocycles. The number of rotatable bonds is 2. The van der Waals surface area contributed by atoms with Crippen molar-refractivity contribution < 1.29 is 14.7 Å². The average molecular weight is 251 g/mol. The van der Waals surface area contributed by atoms with Gasteiger partial charge in [-0.3, -0.25) is 4.79 Å². The first-order valence-electron chi connectivity index (χ1n) is 6.65. The highest BCUT2D eigenvalue weighted by Gasteiger charge is 2.73. The average Bonchev–Trinajstić information content (AvgIpc) is 2.53. The van der Waals surface area contributed by atoms with Crippen molar-refractivity contribution >= 4 is 12.0 Å². The van der Waals surface area contributed by atoms with Crippen LogP contribution in [0.25, 0.3) is 0 Å². The Labute approximate surface area is 105 Å². The molecular formula is C12H17N3O3. The van der Waals surface area contributed by atoms with Gasteiger partial charge in [0.2, 0.25) is 0 Å². The fourth-order valence-electron chi connectivity index (χ4n) is 4.20. The van der Waals surface area contributed by atoms with Crippen LogP contribution in [0, 0.1) is 11.3 Å². The van der Waals surface area contributed by atoms with Gasteiger partial charge in [0.25, 0.3) is 0 Å². The van der Waals surface area contributed by atoms with Crippen LogP contribution in [0.15, 0.2) is 0 Å². The van der Waals surface area contributed by atoms with Crippen molar-refractivity contribution in [3.63, 3.8) is 0 Å². The Balaban J connectivity index is 1.57. The maximum Gasteiger partial charge on any atom is 0.320 e. The highest BCUT2D eigenvalue weighted by Crippen LogP contribution is 2.66. The fourth-order valence-corrected chi connectivity index (χ4v) is 4.20. The number of carbonyl (C=O) groups is 2. The van der Waals surface area contributed by atoms with Gasteiger partial charge in [0.15, 0.2) is 0 Å². The molecule has 5 rings (SSSR count). The summed E-state index contributed by atoms with van der Waals surface area (Å²) in [6.07, 6.45) is 1.53. The van der Waals surface area contributed by atoms with E-state index in [2.05, 4.69) is 5.32 Å². The van der Waals surface area contributed by atoms with Gasteiger partial charge in [-0.25, -0.2) is 4.79 Å². The van der Waals surface area contributed by atoms with Gasteiger partial charge in [-0.05, 0) is 18.8 Å². The third-order valence-corrected chi connectivity index (χ3v) is 5.28. The van der Waals surface area contributed by atoms with Crippen molar-refractivity contribution in [2.75, 3.05) is 26.2 Å². The van der Waals surface area contributed by atoms with E-state index < -0.39 is 11.4 Å². The molecule has 2 atom stereocenters. The molecule has 3 saturated carbocycles. The molecule has 2 saturated heterocycles. The minimum Gasteiger partial charge on any atom is -0.481 e. The van der Waals surface area contributed by atoms with E-state index in [4.69, 9.17) is 0 Å². The van der Waals surface area contributed by atoms with Gasteiger partial charge >= 0.3 is 12.0 Å². The second-order valence-corrected chi connectivity index (χ2v) is 6.06. The van der Waals surface area contributed by atoms with Crippen LogP contribution in [0.5, 0.6) is 0 Å². The van der Waals surface area contributed by atoms with Crippen molar-refractivity contribution in [1.29, 1.82) is 0 Å². The Kier molecular flexibility index (Phi) is 1.87. The standard InChI is InChI=1S/C12H17N3O3/c16-10(17)12-3-7(4-12)9(12)15-6-8-5-13-1-2-14(8)11(15)18/h7-9,13H,1-6H2,(H,16,17)/t7?,8?,9-,12?/m0/s1. The quantitative estimate of drug-likeness (QED) is 0.698. The first kappa shape index (κ1) is 10.6. The van der Waals surface area contributed by atoms with Crippen LogP contribution in [0.2, 0.25) is 0 Å².